The molecule has 6 nitrogen and oxygen atoms in total. The van der Waals surface area contributed by atoms with Gasteiger partial charge in [-0.05, 0) is 25.0 Å². The first-order chi connectivity index (χ1) is 13.6. The van der Waals surface area contributed by atoms with Crippen LogP contribution in [0.3, 0.4) is 0 Å². The van der Waals surface area contributed by atoms with Crippen molar-refractivity contribution >= 4 is 45.0 Å². The van der Waals surface area contributed by atoms with E-state index in [1.807, 2.05) is 34.2 Å². The molecule has 0 radical (unpaired) electrons. The van der Waals surface area contributed by atoms with Crippen LogP contribution in [-0.2, 0) is 10.5 Å². The van der Waals surface area contributed by atoms with E-state index >= 15 is 0 Å². The fourth-order valence-corrected chi connectivity index (χ4v) is 5.43. The van der Waals surface area contributed by atoms with Crippen molar-refractivity contribution in [2.45, 2.75) is 56.0 Å². The number of anilines is 1. The molecular weight excluding hydrogens is 392 g/mol. The zero-order chi connectivity index (χ0) is 19.5. The topological polar surface area (TPSA) is 76.9 Å². The molecule has 1 aliphatic rings. The molecule has 0 atom stereocenters. The number of fused-ring (bicyclic) bond motifs is 1. The number of nitrogens with zero attached hydrogens (tertiary/aromatic N) is 3. The molecule has 3 aromatic rings. The van der Waals surface area contributed by atoms with Crippen LogP contribution in [0.5, 0.6) is 0 Å². The molecule has 0 saturated heterocycles. The third-order valence-electron chi connectivity index (χ3n) is 4.90. The lowest BCUT2D eigenvalue weighted by Crippen LogP contribution is -2.29. The van der Waals surface area contributed by atoms with Crippen molar-refractivity contribution in [2.75, 3.05) is 5.32 Å². The summed E-state index contributed by atoms with van der Waals surface area (Å²) in [6.07, 6.45) is 5.59. The van der Waals surface area contributed by atoms with Crippen LogP contribution in [0.4, 0.5) is 5.13 Å². The normalized spacial score (nSPS) is 15.0. The van der Waals surface area contributed by atoms with Gasteiger partial charge < -0.3 is 5.32 Å². The summed E-state index contributed by atoms with van der Waals surface area (Å²) in [5.41, 5.74) is 1.66. The largest absolute Gasteiger partial charge is 0.302 e. The molecule has 2 heterocycles. The molecule has 28 heavy (non-hydrogen) atoms. The Morgan fingerprint density at radius 1 is 1.25 bits per heavy atom. The van der Waals surface area contributed by atoms with Crippen molar-refractivity contribution in [2.24, 2.45) is 0 Å². The van der Waals surface area contributed by atoms with Crippen molar-refractivity contribution in [1.29, 1.82) is 0 Å². The average Bonchev–Trinajstić information content (AvgIpc) is 3.14. The Kier molecular flexibility index (Phi) is 5.77. The molecule has 1 aromatic carbocycles. The van der Waals surface area contributed by atoms with Gasteiger partial charge in [0, 0.05) is 24.1 Å². The third kappa shape index (κ3) is 4.12. The molecule has 1 saturated carbocycles. The van der Waals surface area contributed by atoms with E-state index in [1.165, 1.54) is 36.4 Å². The highest BCUT2D eigenvalue weighted by Crippen LogP contribution is 2.32. The number of para-hydroxylation sites is 1. The summed E-state index contributed by atoms with van der Waals surface area (Å²) in [5, 5.41) is 6.67. The highest BCUT2D eigenvalue weighted by Gasteiger charge is 2.22. The van der Waals surface area contributed by atoms with E-state index in [0.29, 0.717) is 16.3 Å². The van der Waals surface area contributed by atoms with Crippen LogP contribution in [0, 0.1) is 0 Å². The van der Waals surface area contributed by atoms with Crippen molar-refractivity contribution in [3.63, 3.8) is 0 Å². The number of thiazole rings is 1. The smallest absolute Gasteiger partial charge is 0.262 e. The second kappa shape index (κ2) is 8.45. The minimum atomic E-state index is -0.129. The number of amides is 1. The van der Waals surface area contributed by atoms with Crippen molar-refractivity contribution < 1.29 is 4.79 Å². The predicted octanol–water partition coefficient (Wildman–Crippen LogP) is 4.61. The number of hydrogen-bond acceptors (Lipinski definition) is 6. The quantitative estimate of drug-likeness (QED) is 0.487. The number of benzene rings is 1. The number of thioether (sulfide) groups is 1. The molecule has 1 amide bonds. The van der Waals surface area contributed by atoms with Gasteiger partial charge in [0.1, 0.15) is 0 Å². The van der Waals surface area contributed by atoms with Crippen molar-refractivity contribution in [1.82, 2.24) is 14.5 Å². The van der Waals surface area contributed by atoms with E-state index in [1.54, 1.807) is 0 Å². The monoisotopic (exact) mass is 414 g/mol. The maximum absolute atomic E-state index is 13.2. The summed E-state index contributed by atoms with van der Waals surface area (Å²) in [6.45, 7) is 1.47. The maximum Gasteiger partial charge on any atom is 0.262 e. The summed E-state index contributed by atoms with van der Waals surface area (Å²) in [6, 6.07) is 7.77. The second-order valence-electron chi connectivity index (χ2n) is 6.99. The van der Waals surface area contributed by atoms with Crippen molar-refractivity contribution in [3.05, 3.63) is 45.7 Å². The standard InChI is InChI=1S/C20H22N4O2S2/c1-13(25)21-19-22-14(11-27-19)12-28-20-23-17-10-6-5-9-16(17)18(26)24(20)15-7-3-2-4-8-15/h5-6,9-11,15H,2-4,7-8,12H2,1H3,(H,21,22,25). The predicted molar refractivity (Wildman–Crippen MR) is 114 cm³/mol. The third-order valence-corrected chi connectivity index (χ3v) is 6.69. The molecule has 1 N–H and O–H groups in total. The fraction of sp³-hybridized carbons (Fsp3) is 0.400. The van der Waals surface area contributed by atoms with Gasteiger partial charge in [-0.2, -0.15) is 0 Å². The first-order valence-electron chi connectivity index (χ1n) is 9.48. The summed E-state index contributed by atoms with van der Waals surface area (Å²) >= 11 is 2.94. The van der Waals surface area contributed by atoms with Crippen LogP contribution in [0.1, 0.15) is 50.8 Å². The van der Waals surface area contributed by atoms with Gasteiger partial charge in [-0.1, -0.05) is 43.2 Å². The van der Waals surface area contributed by atoms with Gasteiger partial charge in [-0.3, -0.25) is 14.2 Å². The maximum atomic E-state index is 13.2. The molecule has 1 aliphatic carbocycles. The SMILES string of the molecule is CC(=O)Nc1nc(CSc2nc3ccccc3c(=O)n2C2CCCCC2)cs1. The van der Waals surface area contributed by atoms with E-state index in [2.05, 4.69) is 10.3 Å². The van der Waals surface area contributed by atoms with E-state index in [9.17, 15) is 9.59 Å². The molecule has 146 valence electrons. The molecule has 0 unspecified atom stereocenters. The highest BCUT2D eigenvalue weighted by atomic mass is 32.2. The number of carbonyl (C=O) groups excluding carboxylic acids is 1. The van der Waals surface area contributed by atoms with Crippen LogP contribution in [0.25, 0.3) is 10.9 Å². The molecule has 8 heteroatoms. The van der Waals surface area contributed by atoms with Gasteiger partial charge in [0.05, 0.1) is 16.6 Å². The average molecular weight is 415 g/mol. The van der Waals surface area contributed by atoms with Crippen molar-refractivity contribution in [3.8, 4) is 0 Å². The number of nitrogens with one attached hydrogen (secondary N) is 1. The molecule has 0 spiro atoms. The molecule has 4 rings (SSSR count). The minimum absolute atomic E-state index is 0.0530. The highest BCUT2D eigenvalue weighted by molar-refractivity contribution is 7.98. The van der Waals surface area contributed by atoms with Gasteiger partial charge in [-0.25, -0.2) is 9.97 Å². The zero-order valence-electron chi connectivity index (χ0n) is 15.7. The summed E-state index contributed by atoms with van der Waals surface area (Å²) < 4.78 is 1.91. The molecule has 1 fully saturated rings. The lowest BCUT2D eigenvalue weighted by Gasteiger charge is -2.26. The first-order valence-corrected chi connectivity index (χ1v) is 11.3. The fourth-order valence-electron chi connectivity index (χ4n) is 3.61. The molecule has 2 aromatic heterocycles. The van der Waals surface area contributed by atoms with E-state index in [4.69, 9.17) is 4.98 Å². The lowest BCUT2D eigenvalue weighted by atomic mass is 9.95. The Hall–Kier alpha value is -2.19. The van der Waals surface area contributed by atoms with Gasteiger partial charge in [0.25, 0.3) is 5.56 Å². The Morgan fingerprint density at radius 2 is 2.04 bits per heavy atom. The molecule has 0 bridgehead atoms. The number of hydrogen-bond donors (Lipinski definition) is 1. The van der Waals surface area contributed by atoms with Gasteiger partial charge in [-0.15, -0.1) is 11.3 Å². The Bertz CT molecular complexity index is 1050. The summed E-state index contributed by atoms with van der Waals surface area (Å²) in [5.74, 6) is 0.476. The zero-order valence-corrected chi connectivity index (χ0v) is 17.3. The van der Waals surface area contributed by atoms with Gasteiger partial charge in [0.15, 0.2) is 10.3 Å². The Labute approximate surface area is 171 Å². The van der Waals surface area contributed by atoms with E-state index in [0.717, 1.165) is 42.1 Å². The number of carbonyl (C=O) groups is 1. The van der Waals surface area contributed by atoms with Crippen LogP contribution in [0.2, 0.25) is 0 Å². The number of aromatic nitrogens is 3. The first kappa shape index (κ1) is 19.1. The second-order valence-corrected chi connectivity index (χ2v) is 8.79. The van der Waals surface area contributed by atoms with Gasteiger partial charge >= 0.3 is 0 Å². The number of rotatable bonds is 5. The summed E-state index contributed by atoms with van der Waals surface area (Å²) in [7, 11) is 0. The van der Waals surface area contributed by atoms with Crippen LogP contribution in [0.15, 0.2) is 39.6 Å². The molecule has 0 aliphatic heterocycles. The van der Waals surface area contributed by atoms with E-state index < -0.39 is 0 Å². The van der Waals surface area contributed by atoms with Crippen LogP contribution >= 0.6 is 23.1 Å². The van der Waals surface area contributed by atoms with Gasteiger partial charge in [0.2, 0.25) is 5.91 Å². The Balaban J connectivity index is 1.65. The van der Waals surface area contributed by atoms with Crippen LogP contribution in [-0.4, -0.2) is 20.4 Å². The van der Waals surface area contributed by atoms with E-state index in [-0.39, 0.29) is 17.5 Å². The lowest BCUT2D eigenvalue weighted by molar-refractivity contribution is -0.114. The molecular formula is C20H22N4O2S2. The van der Waals surface area contributed by atoms with Crippen LogP contribution < -0.4 is 10.9 Å². The Morgan fingerprint density at radius 3 is 2.82 bits per heavy atom. The summed E-state index contributed by atoms with van der Waals surface area (Å²) in [4.78, 5) is 33.7. The minimum Gasteiger partial charge on any atom is -0.302 e.